The Labute approximate surface area is 174 Å². The number of halogens is 1. The van der Waals surface area contributed by atoms with E-state index in [9.17, 15) is 4.79 Å². The van der Waals surface area contributed by atoms with Gasteiger partial charge in [0, 0.05) is 22.8 Å². The van der Waals surface area contributed by atoms with Crippen molar-refractivity contribution in [3.8, 4) is 11.4 Å². The summed E-state index contributed by atoms with van der Waals surface area (Å²) in [4.78, 5) is 12.6. The summed E-state index contributed by atoms with van der Waals surface area (Å²) in [7, 11) is 0. The highest BCUT2D eigenvalue weighted by Gasteiger charge is 2.20. The van der Waals surface area contributed by atoms with Crippen LogP contribution in [0.1, 0.15) is 26.3 Å². The van der Waals surface area contributed by atoms with Crippen molar-refractivity contribution in [1.29, 1.82) is 0 Å². The summed E-state index contributed by atoms with van der Waals surface area (Å²) < 4.78 is 2.00. The van der Waals surface area contributed by atoms with E-state index in [0.717, 1.165) is 23.5 Å². The molecule has 1 heterocycles. The van der Waals surface area contributed by atoms with Gasteiger partial charge in [0.15, 0.2) is 11.0 Å². The lowest BCUT2D eigenvalue weighted by Gasteiger charge is -2.13. The molecule has 0 saturated carbocycles. The molecule has 0 unspecified atom stereocenters. The first-order valence-electron chi connectivity index (χ1n) is 9.27. The predicted octanol–water partition coefficient (Wildman–Crippen LogP) is 5.30. The van der Waals surface area contributed by atoms with Crippen LogP contribution in [0.4, 0.5) is 5.69 Å². The van der Waals surface area contributed by atoms with Crippen molar-refractivity contribution in [2.24, 2.45) is 0 Å². The molecule has 1 amide bonds. The number of carbonyl (C=O) groups excluding carboxylic acids is 1. The van der Waals surface area contributed by atoms with Crippen molar-refractivity contribution in [3.05, 3.63) is 59.1 Å². The molecule has 0 aliphatic heterocycles. The Morgan fingerprint density at radius 2 is 1.93 bits per heavy atom. The van der Waals surface area contributed by atoms with Crippen LogP contribution in [0, 0.1) is 0 Å². The Morgan fingerprint density at radius 1 is 1.18 bits per heavy atom. The summed E-state index contributed by atoms with van der Waals surface area (Å²) in [6.07, 6.45) is 0.974. The SMILES string of the molecule is CCc1ccc(NC(=O)[C@H](C)Sc2nnc(-c3cccc(Cl)c3)n2CC)cc1. The third-order valence-electron chi connectivity index (χ3n) is 4.40. The zero-order valence-electron chi connectivity index (χ0n) is 16.1. The van der Waals surface area contributed by atoms with Crippen LogP contribution in [0.15, 0.2) is 53.7 Å². The van der Waals surface area contributed by atoms with Crippen molar-refractivity contribution < 1.29 is 4.79 Å². The monoisotopic (exact) mass is 414 g/mol. The predicted molar refractivity (Wildman–Crippen MR) is 116 cm³/mol. The average Bonchev–Trinajstić information content (AvgIpc) is 3.11. The van der Waals surface area contributed by atoms with Crippen LogP contribution in [-0.2, 0) is 17.8 Å². The molecule has 0 aliphatic rings. The van der Waals surface area contributed by atoms with Crippen molar-refractivity contribution in [2.45, 2.75) is 44.1 Å². The molecule has 0 spiro atoms. The zero-order chi connectivity index (χ0) is 20.1. The fraction of sp³-hybridized carbons (Fsp3) is 0.286. The van der Waals surface area contributed by atoms with Crippen LogP contribution in [0.2, 0.25) is 5.02 Å². The summed E-state index contributed by atoms with van der Waals surface area (Å²) in [5.41, 5.74) is 2.94. The van der Waals surface area contributed by atoms with Crippen LogP contribution >= 0.6 is 23.4 Å². The van der Waals surface area contributed by atoms with Crippen LogP contribution < -0.4 is 5.32 Å². The van der Waals surface area contributed by atoms with E-state index in [1.165, 1.54) is 17.3 Å². The topological polar surface area (TPSA) is 59.8 Å². The largest absolute Gasteiger partial charge is 0.325 e. The minimum Gasteiger partial charge on any atom is -0.325 e. The maximum absolute atomic E-state index is 12.6. The number of nitrogens with one attached hydrogen (secondary N) is 1. The Hall–Kier alpha value is -2.31. The van der Waals surface area contributed by atoms with Crippen molar-refractivity contribution in [3.63, 3.8) is 0 Å². The van der Waals surface area contributed by atoms with Gasteiger partial charge in [0.25, 0.3) is 0 Å². The fourth-order valence-corrected chi connectivity index (χ4v) is 3.88. The lowest BCUT2D eigenvalue weighted by Crippen LogP contribution is -2.23. The number of anilines is 1. The van der Waals surface area contributed by atoms with E-state index in [-0.39, 0.29) is 11.2 Å². The number of aryl methyl sites for hydroxylation is 1. The molecule has 3 rings (SSSR count). The number of hydrogen-bond acceptors (Lipinski definition) is 4. The van der Waals surface area contributed by atoms with Gasteiger partial charge in [0.2, 0.25) is 5.91 Å². The van der Waals surface area contributed by atoms with Gasteiger partial charge in [-0.3, -0.25) is 4.79 Å². The first kappa shape index (κ1) is 20.4. The maximum Gasteiger partial charge on any atom is 0.237 e. The molecular formula is C21H23ClN4OS. The second-order valence-corrected chi connectivity index (χ2v) is 8.10. The summed E-state index contributed by atoms with van der Waals surface area (Å²) in [6, 6.07) is 15.4. The Kier molecular flexibility index (Phi) is 6.75. The van der Waals surface area contributed by atoms with Crippen molar-refractivity contribution in [1.82, 2.24) is 14.8 Å². The third kappa shape index (κ3) is 4.75. The number of nitrogens with zero attached hydrogens (tertiary/aromatic N) is 3. The molecule has 0 bridgehead atoms. The number of rotatable bonds is 7. The van der Waals surface area contributed by atoms with E-state index >= 15 is 0 Å². The van der Waals surface area contributed by atoms with Crippen LogP contribution in [0.25, 0.3) is 11.4 Å². The van der Waals surface area contributed by atoms with E-state index < -0.39 is 0 Å². The van der Waals surface area contributed by atoms with Gasteiger partial charge < -0.3 is 9.88 Å². The highest BCUT2D eigenvalue weighted by atomic mass is 35.5. The fourth-order valence-electron chi connectivity index (χ4n) is 2.78. The normalized spacial score (nSPS) is 12.0. The second-order valence-electron chi connectivity index (χ2n) is 6.36. The van der Waals surface area contributed by atoms with Gasteiger partial charge in [-0.2, -0.15) is 0 Å². The molecule has 3 aromatic rings. The van der Waals surface area contributed by atoms with Gasteiger partial charge in [-0.05, 0) is 50.1 Å². The summed E-state index contributed by atoms with van der Waals surface area (Å²) in [5.74, 6) is 0.680. The van der Waals surface area contributed by atoms with E-state index in [1.54, 1.807) is 0 Å². The molecule has 0 aliphatic carbocycles. The molecule has 0 saturated heterocycles. The highest BCUT2D eigenvalue weighted by Crippen LogP contribution is 2.28. The zero-order valence-corrected chi connectivity index (χ0v) is 17.7. The summed E-state index contributed by atoms with van der Waals surface area (Å²) >= 11 is 7.50. The van der Waals surface area contributed by atoms with Gasteiger partial charge in [0.05, 0.1) is 5.25 Å². The van der Waals surface area contributed by atoms with Gasteiger partial charge in [0.1, 0.15) is 0 Å². The molecule has 7 heteroatoms. The molecule has 5 nitrogen and oxygen atoms in total. The van der Waals surface area contributed by atoms with E-state index in [4.69, 9.17) is 11.6 Å². The number of benzene rings is 2. The molecule has 1 atom stereocenters. The van der Waals surface area contributed by atoms with Gasteiger partial charge in [-0.15, -0.1) is 10.2 Å². The van der Waals surface area contributed by atoms with Crippen LogP contribution in [0.5, 0.6) is 0 Å². The summed E-state index contributed by atoms with van der Waals surface area (Å²) in [6.45, 7) is 6.70. The average molecular weight is 415 g/mol. The number of hydrogen-bond donors (Lipinski definition) is 1. The van der Waals surface area contributed by atoms with Crippen LogP contribution in [-0.4, -0.2) is 25.9 Å². The smallest absolute Gasteiger partial charge is 0.237 e. The Morgan fingerprint density at radius 3 is 2.57 bits per heavy atom. The standard InChI is InChI=1S/C21H23ClN4OS/c1-4-15-9-11-18(12-10-15)23-20(27)14(3)28-21-25-24-19(26(21)5-2)16-7-6-8-17(22)13-16/h6-14H,4-5H2,1-3H3,(H,23,27)/t14-/m0/s1. The molecular weight excluding hydrogens is 392 g/mol. The third-order valence-corrected chi connectivity index (χ3v) is 5.71. The minimum atomic E-state index is -0.312. The first-order chi connectivity index (χ1) is 13.5. The van der Waals surface area contributed by atoms with E-state index in [0.29, 0.717) is 16.7 Å². The van der Waals surface area contributed by atoms with Crippen LogP contribution in [0.3, 0.4) is 0 Å². The number of thioether (sulfide) groups is 1. The van der Waals surface area contributed by atoms with Crippen molar-refractivity contribution in [2.75, 3.05) is 5.32 Å². The van der Waals surface area contributed by atoms with Crippen molar-refractivity contribution >= 4 is 35.0 Å². The lowest BCUT2D eigenvalue weighted by molar-refractivity contribution is -0.115. The van der Waals surface area contributed by atoms with Gasteiger partial charge in [-0.25, -0.2) is 0 Å². The molecule has 1 N–H and O–H groups in total. The first-order valence-corrected chi connectivity index (χ1v) is 10.5. The second kappa shape index (κ2) is 9.26. The van der Waals surface area contributed by atoms with Gasteiger partial charge in [-0.1, -0.05) is 54.6 Å². The molecule has 0 fully saturated rings. The van der Waals surface area contributed by atoms with E-state index in [2.05, 4.69) is 22.4 Å². The number of amides is 1. The minimum absolute atomic E-state index is 0.0655. The molecule has 1 aromatic heterocycles. The molecule has 28 heavy (non-hydrogen) atoms. The Balaban J connectivity index is 1.72. The Bertz CT molecular complexity index is 955. The van der Waals surface area contributed by atoms with E-state index in [1.807, 2.05) is 66.9 Å². The summed E-state index contributed by atoms with van der Waals surface area (Å²) in [5, 5.41) is 12.6. The maximum atomic E-state index is 12.6. The molecule has 0 radical (unpaired) electrons. The molecule has 146 valence electrons. The quantitative estimate of drug-likeness (QED) is 0.533. The van der Waals surface area contributed by atoms with Gasteiger partial charge >= 0.3 is 0 Å². The molecule has 2 aromatic carbocycles. The lowest BCUT2D eigenvalue weighted by atomic mass is 10.1. The number of carbonyl (C=O) groups is 1. The number of aromatic nitrogens is 3. The highest BCUT2D eigenvalue weighted by molar-refractivity contribution is 8.00.